The highest BCUT2D eigenvalue weighted by molar-refractivity contribution is 9.10. The van der Waals surface area contributed by atoms with Crippen LogP contribution in [-0.4, -0.2) is 23.9 Å². The predicted octanol–water partition coefficient (Wildman–Crippen LogP) is 2.58. The fourth-order valence-corrected chi connectivity index (χ4v) is 2.23. The quantitative estimate of drug-likeness (QED) is 0.943. The molecule has 5 heteroatoms. The maximum absolute atomic E-state index is 5.38. The van der Waals surface area contributed by atoms with Gasteiger partial charge in [0.2, 0.25) is 0 Å². The van der Waals surface area contributed by atoms with Crippen molar-refractivity contribution in [1.82, 2.24) is 15.1 Å². The van der Waals surface area contributed by atoms with Crippen LogP contribution in [0.1, 0.15) is 5.69 Å². The van der Waals surface area contributed by atoms with Crippen LogP contribution >= 0.6 is 15.9 Å². The molecule has 0 unspecified atom stereocenters. The number of aromatic nitrogens is 2. The van der Waals surface area contributed by atoms with Crippen LogP contribution in [0, 0.1) is 0 Å². The molecule has 0 amide bonds. The zero-order valence-electron chi connectivity index (χ0n) is 10.7. The molecule has 1 N–H and O–H groups in total. The van der Waals surface area contributed by atoms with Gasteiger partial charge in [-0.15, -0.1) is 0 Å². The minimum Gasteiger partial charge on any atom is -0.496 e. The topological polar surface area (TPSA) is 39.1 Å². The predicted molar refractivity (Wildman–Crippen MR) is 75.7 cm³/mol. The van der Waals surface area contributed by atoms with E-state index in [1.807, 2.05) is 37.0 Å². The molecule has 2 rings (SSSR count). The lowest BCUT2D eigenvalue weighted by atomic mass is 10.1. The van der Waals surface area contributed by atoms with Crippen molar-refractivity contribution in [2.45, 2.75) is 6.54 Å². The van der Waals surface area contributed by atoms with Crippen LogP contribution in [0.15, 0.2) is 28.7 Å². The Morgan fingerprint density at radius 3 is 2.83 bits per heavy atom. The molecule has 1 aromatic carbocycles. The molecule has 0 saturated carbocycles. The summed E-state index contributed by atoms with van der Waals surface area (Å²) in [5.41, 5.74) is 3.04. The van der Waals surface area contributed by atoms with Crippen LogP contribution in [0.3, 0.4) is 0 Å². The van der Waals surface area contributed by atoms with Gasteiger partial charge >= 0.3 is 0 Å². The van der Waals surface area contributed by atoms with E-state index < -0.39 is 0 Å². The van der Waals surface area contributed by atoms with Gasteiger partial charge in [-0.05, 0) is 31.3 Å². The number of halogens is 1. The number of ether oxygens (including phenoxy) is 1. The Hall–Kier alpha value is -1.33. The van der Waals surface area contributed by atoms with Crippen LogP contribution in [0.4, 0.5) is 0 Å². The fourth-order valence-electron chi connectivity index (χ4n) is 1.86. The number of aryl methyl sites for hydroxylation is 1. The van der Waals surface area contributed by atoms with Crippen molar-refractivity contribution in [3.8, 4) is 17.0 Å². The molecule has 1 heterocycles. The molecule has 0 spiro atoms. The van der Waals surface area contributed by atoms with Gasteiger partial charge in [0, 0.05) is 23.6 Å². The largest absolute Gasteiger partial charge is 0.496 e. The van der Waals surface area contributed by atoms with Crippen molar-refractivity contribution in [2.24, 2.45) is 7.05 Å². The highest BCUT2D eigenvalue weighted by atomic mass is 79.9. The molecule has 96 valence electrons. The number of benzene rings is 1. The van der Waals surface area contributed by atoms with Gasteiger partial charge in [-0.1, -0.05) is 15.9 Å². The van der Waals surface area contributed by atoms with Crippen molar-refractivity contribution < 1.29 is 4.74 Å². The molecule has 0 aliphatic carbocycles. The smallest absolute Gasteiger partial charge is 0.128 e. The van der Waals surface area contributed by atoms with Gasteiger partial charge in [0.1, 0.15) is 5.75 Å². The summed E-state index contributed by atoms with van der Waals surface area (Å²) in [7, 11) is 5.54. The first-order valence-corrected chi connectivity index (χ1v) is 6.46. The summed E-state index contributed by atoms with van der Waals surface area (Å²) in [5.74, 6) is 0.826. The van der Waals surface area contributed by atoms with Gasteiger partial charge in [-0.3, -0.25) is 4.68 Å². The van der Waals surface area contributed by atoms with Gasteiger partial charge < -0.3 is 10.1 Å². The molecule has 0 fully saturated rings. The average Bonchev–Trinajstić information content (AvgIpc) is 2.71. The summed E-state index contributed by atoms with van der Waals surface area (Å²) in [5, 5.41) is 7.65. The zero-order chi connectivity index (χ0) is 13.1. The van der Waals surface area contributed by atoms with Gasteiger partial charge in [-0.25, -0.2) is 0 Å². The first kappa shape index (κ1) is 13.1. The van der Waals surface area contributed by atoms with Gasteiger partial charge in [0.15, 0.2) is 0 Å². The number of hydrogen-bond acceptors (Lipinski definition) is 3. The molecule has 1 aromatic heterocycles. The van der Waals surface area contributed by atoms with E-state index in [1.165, 1.54) is 0 Å². The lowest BCUT2D eigenvalue weighted by molar-refractivity contribution is 0.416. The van der Waals surface area contributed by atoms with E-state index in [0.717, 1.165) is 33.7 Å². The standard InChI is InChI=1S/C13H16BrN3O/c1-15-8-10-7-12(16-17(10)2)11-6-9(14)4-5-13(11)18-3/h4-7,15H,8H2,1-3H3. The summed E-state index contributed by atoms with van der Waals surface area (Å²) >= 11 is 3.48. The van der Waals surface area contributed by atoms with Crippen LogP contribution in [-0.2, 0) is 13.6 Å². The molecule has 18 heavy (non-hydrogen) atoms. The van der Waals surface area contributed by atoms with Crippen LogP contribution in [0.2, 0.25) is 0 Å². The number of nitrogens with one attached hydrogen (secondary N) is 1. The Morgan fingerprint density at radius 1 is 1.39 bits per heavy atom. The van der Waals surface area contributed by atoms with Crippen molar-refractivity contribution >= 4 is 15.9 Å². The highest BCUT2D eigenvalue weighted by Gasteiger charge is 2.11. The van der Waals surface area contributed by atoms with Crippen molar-refractivity contribution in [1.29, 1.82) is 0 Å². The van der Waals surface area contributed by atoms with Crippen molar-refractivity contribution in [2.75, 3.05) is 14.2 Å². The van der Waals surface area contributed by atoms with E-state index in [1.54, 1.807) is 7.11 Å². The second kappa shape index (κ2) is 5.54. The molecule has 0 bridgehead atoms. The van der Waals surface area contributed by atoms with Crippen molar-refractivity contribution in [3.05, 3.63) is 34.4 Å². The third-order valence-corrected chi connectivity index (χ3v) is 3.27. The summed E-state index contributed by atoms with van der Waals surface area (Å²) in [6, 6.07) is 7.98. The molecule has 0 radical (unpaired) electrons. The molecule has 2 aromatic rings. The SMILES string of the molecule is CNCc1cc(-c2cc(Br)ccc2OC)nn1C. The minimum atomic E-state index is 0.791. The van der Waals surface area contributed by atoms with Crippen molar-refractivity contribution in [3.63, 3.8) is 0 Å². The van der Waals surface area contributed by atoms with E-state index in [2.05, 4.69) is 32.4 Å². The molecule has 0 aliphatic heterocycles. The number of nitrogens with zero attached hydrogens (tertiary/aromatic N) is 2. The Balaban J connectivity index is 2.47. The van der Waals surface area contributed by atoms with Gasteiger partial charge in [0.05, 0.1) is 18.5 Å². The zero-order valence-corrected chi connectivity index (χ0v) is 12.3. The van der Waals surface area contributed by atoms with Gasteiger partial charge in [-0.2, -0.15) is 5.10 Å². The second-order valence-electron chi connectivity index (χ2n) is 4.02. The Morgan fingerprint density at radius 2 is 2.17 bits per heavy atom. The minimum absolute atomic E-state index is 0.791. The van der Waals surface area contributed by atoms with E-state index in [9.17, 15) is 0 Å². The molecule has 0 aliphatic rings. The molecule has 0 saturated heterocycles. The first-order chi connectivity index (χ1) is 8.65. The highest BCUT2D eigenvalue weighted by Crippen LogP contribution is 2.32. The van der Waals surface area contributed by atoms with E-state index >= 15 is 0 Å². The maximum atomic E-state index is 5.38. The Kier molecular flexibility index (Phi) is 4.04. The summed E-state index contributed by atoms with van der Waals surface area (Å²) < 4.78 is 8.27. The second-order valence-corrected chi connectivity index (χ2v) is 4.94. The summed E-state index contributed by atoms with van der Waals surface area (Å²) in [4.78, 5) is 0. The summed E-state index contributed by atoms with van der Waals surface area (Å²) in [6.07, 6.45) is 0. The normalized spacial score (nSPS) is 10.7. The van der Waals surface area contributed by atoms with E-state index in [4.69, 9.17) is 4.74 Å². The molecule has 0 atom stereocenters. The lowest BCUT2D eigenvalue weighted by Gasteiger charge is -2.06. The van der Waals surface area contributed by atoms with E-state index in [0.29, 0.717) is 0 Å². The maximum Gasteiger partial charge on any atom is 0.128 e. The molecular formula is C13H16BrN3O. The van der Waals surface area contributed by atoms with Crippen LogP contribution < -0.4 is 10.1 Å². The molecule has 4 nitrogen and oxygen atoms in total. The fraction of sp³-hybridized carbons (Fsp3) is 0.308. The first-order valence-electron chi connectivity index (χ1n) is 5.67. The third-order valence-electron chi connectivity index (χ3n) is 2.77. The lowest BCUT2D eigenvalue weighted by Crippen LogP contribution is -2.09. The Labute approximate surface area is 115 Å². The van der Waals surface area contributed by atoms with Crippen LogP contribution in [0.25, 0.3) is 11.3 Å². The average molecular weight is 310 g/mol. The number of methoxy groups -OCH3 is 1. The van der Waals surface area contributed by atoms with Gasteiger partial charge in [0.25, 0.3) is 0 Å². The number of rotatable bonds is 4. The third kappa shape index (κ3) is 2.57. The monoisotopic (exact) mass is 309 g/mol. The van der Waals surface area contributed by atoms with E-state index in [-0.39, 0.29) is 0 Å². The Bertz CT molecular complexity index is 551. The van der Waals surface area contributed by atoms with Crippen LogP contribution in [0.5, 0.6) is 5.75 Å². The molecular weight excluding hydrogens is 294 g/mol. The summed E-state index contributed by atoms with van der Waals surface area (Å²) in [6.45, 7) is 0.791. The number of hydrogen-bond donors (Lipinski definition) is 1.